The lowest BCUT2D eigenvalue weighted by Gasteiger charge is -2.05. The Morgan fingerprint density at radius 3 is 2.25 bits per heavy atom. The highest BCUT2D eigenvalue weighted by Gasteiger charge is 2.25. The molecule has 1 N–H and O–H groups in total. The molecular weight excluding hydrogens is 242 g/mol. The molecule has 0 aromatic heterocycles. The van der Waals surface area contributed by atoms with Gasteiger partial charge in [-0.2, -0.15) is 0 Å². The molecule has 4 nitrogen and oxygen atoms in total. The van der Waals surface area contributed by atoms with Gasteiger partial charge < -0.3 is 5.11 Å². The zero-order valence-corrected chi connectivity index (χ0v) is 8.75. The number of halogens is 2. The SMILES string of the molecule is O=C(O)C(F)CS(=O)(=O)c1ccc(F)cc1. The number of carboxylic acid groups (broad SMARTS) is 1. The Morgan fingerprint density at radius 1 is 1.31 bits per heavy atom. The number of sulfone groups is 1. The van der Waals surface area contributed by atoms with E-state index in [1.807, 2.05) is 0 Å². The van der Waals surface area contributed by atoms with Crippen LogP contribution in [0.2, 0.25) is 0 Å². The summed E-state index contributed by atoms with van der Waals surface area (Å²) in [5.74, 6) is -3.63. The standard InChI is InChI=1S/C9H8F2O4S/c10-6-1-3-7(4-2-6)16(14,15)5-8(11)9(12)13/h1-4,8H,5H2,(H,12,13). The molecule has 0 amide bonds. The molecule has 0 fully saturated rings. The molecule has 0 aliphatic carbocycles. The van der Waals surface area contributed by atoms with E-state index in [9.17, 15) is 22.0 Å². The summed E-state index contributed by atoms with van der Waals surface area (Å²) >= 11 is 0. The summed E-state index contributed by atoms with van der Waals surface area (Å²) < 4.78 is 48.1. The zero-order chi connectivity index (χ0) is 12.3. The number of alkyl halides is 1. The van der Waals surface area contributed by atoms with Crippen molar-refractivity contribution >= 4 is 15.8 Å². The average Bonchev–Trinajstić information content (AvgIpc) is 2.17. The number of carbonyl (C=O) groups is 1. The topological polar surface area (TPSA) is 71.4 Å². The molecule has 1 unspecified atom stereocenters. The van der Waals surface area contributed by atoms with Crippen LogP contribution in [0.4, 0.5) is 8.78 Å². The summed E-state index contributed by atoms with van der Waals surface area (Å²) in [5.41, 5.74) is 0. The fraction of sp³-hybridized carbons (Fsp3) is 0.222. The third-order valence-electron chi connectivity index (χ3n) is 1.81. The second-order valence-corrected chi connectivity index (χ2v) is 5.08. The first kappa shape index (κ1) is 12.6. The van der Waals surface area contributed by atoms with Crippen molar-refractivity contribution in [1.82, 2.24) is 0 Å². The minimum absolute atomic E-state index is 0.308. The van der Waals surface area contributed by atoms with Crippen molar-refractivity contribution in [3.63, 3.8) is 0 Å². The first-order chi connectivity index (χ1) is 7.33. The van der Waals surface area contributed by atoms with Gasteiger partial charge in [0, 0.05) is 0 Å². The lowest BCUT2D eigenvalue weighted by Crippen LogP contribution is -2.25. The number of rotatable bonds is 4. The lowest BCUT2D eigenvalue weighted by atomic mass is 10.4. The van der Waals surface area contributed by atoms with Gasteiger partial charge in [0.1, 0.15) is 5.82 Å². The largest absolute Gasteiger partial charge is 0.479 e. The molecule has 1 rings (SSSR count). The molecule has 1 aromatic carbocycles. The van der Waals surface area contributed by atoms with Crippen molar-refractivity contribution in [1.29, 1.82) is 0 Å². The Hall–Kier alpha value is -1.50. The van der Waals surface area contributed by atoms with Crippen LogP contribution < -0.4 is 0 Å². The number of hydrogen-bond acceptors (Lipinski definition) is 3. The summed E-state index contributed by atoms with van der Waals surface area (Å²) in [5, 5.41) is 8.24. The molecule has 0 saturated heterocycles. The van der Waals surface area contributed by atoms with E-state index in [-0.39, 0.29) is 4.90 Å². The molecule has 0 radical (unpaired) electrons. The molecule has 0 saturated carbocycles. The highest BCUT2D eigenvalue weighted by atomic mass is 32.2. The lowest BCUT2D eigenvalue weighted by molar-refractivity contribution is -0.141. The van der Waals surface area contributed by atoms with E-state index >= 15 is 0 Å². The fourth-order valence-corrected chi connectivity index (χ4v) is 2.27. The van der Waals surface area contributed by atoms with Crippen LogP contribution in [0.15, 0.2) is 29.2 Å². The van der Waals surface area contributed by atoms with E-state index in [0.29, 0.717) is 0 Å². The summed E-state index contributed by atoms with van der Waals surface area (Å²) in [6.07, 6.45) is -2.49. The molecule has 0 aliphatic heterocycles. The maximum Gasteiger partial charge on any atom is 0.339 e. The van der Waals surface area contributed by atoms with Crippen molar-refractivity contribution in [3.05, 3.63) is 30.1 Å². The van der Waals surface area contributed by atoms with E-state index in [1.165, 1.54) is 0 Å². The molecule has 0 aliphatic rings. The summed E-state index contributed by atoms with van der Waals surface area (Å²) in [6.45, 7) is 0. The molecule has 0 spiro atoms. The molecule has 0 bridgehead atoms. The zero-order valence-electron chi connectivity index (χ0n) is 7.93. The van der Waals surface area contributed by atoms with Gasteiger partial charge in [0.25, 0.3) is 0 Å². The Morgan fingerprint density at radius 2 is 1.81 bits per heavy atom. The van der Waals surface area contributed by atoms with Crippen molar-refractivity contribution < 1.29 is 27.1 Å². The van der Waals surface area contributed by atoms with Crippen LogP contribution in [0, 0.1) is 5.82 Å². The van der Waals surface area contributed by atoms with Crippen LogP contribution in [-0.4, -0.2) is 31.4 Å². The van der Waals surface area contributed by atoms with E-state index in [0.717, 1.165) is 24.3 Å². The van der Waals surface area contributed by atoms with Crippen LogP contribution in [0.1, 0.15) is 0 Å². The van der Waals surface area contributed by atoms with Gasteiger partial charge in [0.05, 0.1) is 10.6 Å². The molecule has 1 atom stereocenters. The van der Waals surface area contributed by atoms with Gasteiger partial charge in [-0.15, -0.1) is 0 Å². The molecule has 1 aromatic rings. The smallest absolute Gasteiger partial charge is 0.339 e. The predicted octanol–water partition coefficient (Wildman–Crippen LogP) is 1.02. The third kappa shape index (κ3) is 2.99. The Balaban J connectivity index is 2.94. The number of carboxylic acids is 1. The highest BCUT2D eigenvalue weighted by Crippen LogP contribution is 2.13. The van der Waals surface area contributed by atoms with Crippen LogP contribution in [-0.2, 0) is 14.6 Å². The summed E-state index contributed by atoms with van der Waals surface area (Å²) in [7, 11) is -4.04. The highest BCUT2D eigenvalue weighted by molar-refractivity contribution is 7.91. The Kier molecular flexibility index (Phi) is 3.58. The van der Waals surface area contributed by atoms with Crippen molar-refractivity contribution in [2.45, 2.75) is 11.1 Å². The van der Waals surface area contributed by atoms with Gasteiger partial charge in [0.2, 0.25) is 6.17 Å². The van der Waals surface area contributed by atoms with Gasteiger partial charge in [-0.05, 0) is 24.3 Å². The molecule has 16 heavy (non-hydrogen) atoms. The van der Waals surface area contributed by atoms with Gasteiger partial charge >= 0.3 is 5.97 Å². The third-order valence-corrected chi connectivity index (χ3v) is 3.53. The van der Waals surface area contributed by atoms with E-state index in [2.05, 4.69) is 0 Å². The van der Waals surface area contributed by atoms with Crippen LogP contribution in [0.25, 0.3) is 0 Å². The van der Waals surface area contributed by atoms with E-state index < -0.39 is 33.5 Å². The van der Waals surface area contributed by atoms with E-state index in [1.54, 1.807) is 0 Å². The summed E-state index contributed by atoms with van der Waals surface area (Å²) in [4.78, 5) is 9.86. The average molecular weight is 250 g/mol. The molecule has 7 heteroatoms. The van der Waals surface area contributed by atoms with Crippen LogP contribution in [0.5, 0.6) is 0 Å². The molecule has 0 heterocycles. The van der Waals surface area contributed by atoms with Crippen molar-refractivity contribution in [2.75, 3.05) is 5.75 Å². The van der Waals surface area contributed by atoms with Crippen molar-refractivity contribution in [3.8, 4) is 0 Å². The van der Waals surface area contributed by atoms with E-state index in [4.69, 9.17) is 5.11 Å². The predicted molar refractivity (Wildman–Crippen MR) is 51.0 cm³/mol. The monoisotopic (exact) mass is 250 g/mol. The summed E-state index contributed by atoms with van der Waals surface area (Å²) in [6, 6.07) is 3.72. The first-order valence-electron chi connectivity index (χ1n) is 4.18. The normalized spacial score (nSPS) is 13.4. The maximum atomic E-state index is 12.7. The van der Waals surface area contributed by atoms with Gasteiger partial charge in [0.15, 0.2) is 9.84 Å². The second kappa shape index (κ2) is 4.56. The first-order valence-corrected chi connectivity index (χ1v) is 5.83. The Bertz CT molecular complexity index is 481. The molecular formula is C9H8F2O4S. The number of benzene rings is 1. The second-order valence-electron chi connectivity index (χ2n) is 3.04. The fourth-order valence-electron chi connectivity index (χ4n) is 1.00. The number of aliphatic carboxylic acids is 1. The maximum absolute atomic E-state index is 12.7. The van der Waals surface area contributed by atoms with Gasteiger partial charge in [-0.25, -0.2) is 22.0 Å². The van der Waals surface area contributed by atoms with Gasteiger partial charge in [-0.1, -0.05) is 0 Å². The van der Waals surface area contributed by atoms with Crippen LogP contribution >= 0.6 is 0 Å². The van der Waals surface area contributed by atoms with Gasteiger partial charge in [-0.3, -0.25) is 0 Å². The van der Waals surface area contributed by atoms with Crippen molar-refractivity contribution in [2.24, 2.45) is 0 Å². The minimum Gasteiger partial charge on any atom is -0.479 e. The molecule has 88 valence electrons. The minimum atomic E-state index is -4.04. The quantitative estimate of drug-likeness (QED) is 0.810. The van der Waals surface area contributed by atoms with Crippen LogP contribution in [0.3, 0.4) is 0 Å². The Labute approximate surface area is 90.4 Å². The number of hydrogen-bond donors (Lipinski definition) is 1.